The fourth-order valence-corrected chi connectivity index (χ4v) is 3.25. The van der Waals surface area contributed by atoms with Crippen LogP contribution in [0.4, 0.5) is 0 Å². The normalized spacial score (nSPS) is 11.6. The van der Waals surface area contributed by atoms with Crippen molar-refractivity contribution in [2.45, 2.75) is 6.16 Å². The highest BCUT2D eigenvalue weighted by Crippen LogP contribution is 2.50. The van der Waals surface area contributed by atoms with Crippen LogP contribution in [0.1, 0.15) is 5.89 Å². The largest absolute Gasteiger partial charge is 0.439 e. The Balaban J connectivity index is 2.08. The van der Waals surface area contributed by atoms with E-state index in [9.17, 15) is 4.57 Å². The van der Waals surface area contributed by atoms with Gasteiger partial charge >= 0.3 is 7.60 Å². The lowest BCUT2D eigenvalue weighted by atomic mass is 10.1. The van der Waals surface area contributed by atoms with E-state index in [2.05, 4.69) is 4.98 Å². The zero-order valence-corrected chi connectivity index (χ0v) is 14.4. The number of hydrogen-bond donors (Lipinski definition) is 0. The Morgan fingerprint density at radius 2 is 1.46 bits per heavy atom. The van der Waals surface area contributed by atoms with Gasteiger partial charge in [0.15, 0.2) is 5.76 Å². The minimum Gasteiger partial charge on any atom is -0.439 e. The SMILES string of the molecule is COP(=O)(Cc1nc(-c2ccccc2)c(-c2ccccc2)o1)OC. The molecule has 0 atom stereocenters. The first-order valence-electron chi connectivity index (χ1n) is 7.46. The van der Waals surface area contributed by atoms with Gasteiger partial charge in [-0.3, -0.25) is 4.57 Å². The van der Waals surface area contributed by atoms with E-state index in [0.717, 1.165) is 11.1 Å². The predicted octanol–water partition coefficient (Wildman–Crippen LogP) is 4.99. The molecule has 1 aromatic heterocycles. The van der Waals surface area contributed by atoms with Gasteiger partial charge in [-0.05, 0) is 0 Å². The van der Waals surface area contributed by atoms with Gasteiger partial charge in [-0.1, -0.05) is 60.7 Å². The van der Waals surface area contributed by atoms with E-state index < -0.39 is 7.60 Å². The topological polar surface area (TPSA) is 61.6 Å². The van der Waals surface area contributed by atoms with Crippen molar-refractivity contribution in [2.75, 3.05) is 14.2 Å². The van der Waals surface area contributed by atoms with Crippen molar-refractivity contribution >= 4 is 7.60 Å². The minimum atomic E-state index is -3.25. The van der Waals surface area contributed by atoms with E-state index in [0.29, 0.717) is 17.3 Å². The molecule has 1 heterocycles. The van der Waals surface area contributed by atoms with Crippen LogP contribution < -0.4 is 0 Å². The van der Waals surface area contributed by atoms with Crippen LogP contribution in [0.25, 0.3) is 22.6 Å². The molecule has 6 heteroatoms. The molecule has 0 aliphatic heterocycles. The Morgan fingerprint density at radius 3 is 2.00 bits per heavy atom. The van der Waals surface area contributed by atoms with Crippen molar-refractivity contribution in [1.29, 1.82) is 0 Å². The van der Waals surface area contributed by atoms with Crippen molar-refractivity contribution in [3.05, 3.63) is 66.6 Å². The molecule has 124 valence electrons. The first-order valence-corrected chi connectivity index (χ1v) is 9.19. The van der Waals surface area contributed by atoms with E-state index in [4.69, 9.17) is 13.5 Å². The summed E-state index contributed by atoms with van der Waals surface area (Å²) in [5, 5.41) is 0. The quantitative estimate of drug-likeness (QED) is 0.590. The molecule has 0 aliphatic carbocycles. The summed E-state index contributed by atoms with van der Waals surface area (Å²) >= 11 is 0. The van der Waals surface area contributed by atoms with Crippen molar-refractivity contribution in [3.8, 4) is 22.6 Å². The molecule has 0 amide bonds. The molecule has 24 heavy (non-hydrogen) atoms. The second-order valence-corrected chi connectivity index (χ2v) is 7.42. The van der Waals surface area contributed by atoms with Gasteiger partial charge < -0.3 is 13.5 Å². The van der Waals surface area contributed by atoms with Crippen molar-refractivity contribution < 1.29 is 18.0 Å². The van der Waals surface area contributed by atoms with E-state index in [1.807, 2.05) is 60.7 Å². The van der Waals surface area contributed by atoms with Crippen LogP contribution in [-0.2, 0) is 19.8 Å². The average molecular weight is 343 g/mol. The first-order chi connectivity index (χ1) is 11.6. The molecular weight excluding hydrogens is 325 g/mol. The number of benzene rings is 2. The molecular formula is C18H18NO4P. The molecule has 0 spiro atoms. The fraction of sp³-hybridized carbons (Fsp3) is 0.167. The summed E-state index contributed by atoms with van der Waals surface area (Å²) in [6.45, 7) is 0. The summed E-state index contributed by atoms with van der Waals surface area (Å²) in [5.41, 5.74) is 2.53. The maximum absolute atomic E-state index is 12.4. The lowest BCUT2D eigenvalue weighted by molar-refractivity contribution is 0.271. The minimum absolute atomic E-state index is 0.0212. The standard InChI is InChI=1S/C18H18NO4P/c1-21-24(20,22-2)13-16-19-17(14-9-5-3-6-10-14)18(23-16)15-11-7-4-8-12-15/h3-12H,13H2,1-2H3. The number of oxazole rings is 1. The maximum atomic E-state index is 12.4. The fourth-order valence-electron chi connectivity index (χ4n) is 2.38. The third-order valence-corrected chi connectivity index (χ3v) is 5.41. The Labute approximate surface area is 140 Å². The van der Waals surface area contributed by atoms with Crippen LogP contribution in [-0.4, -0.2) is 19.2 Å². The highest BCUT2D eigenvalue weighted by atomic mass is 31.2. The molecule has 5 nitrogen and oxygen atoms in total. The third kappa shape index (κ3) is 3.49. The Kier molecular flexibility index (Phi) is 4.95. The second kappa shape index (κ2) is 7.14. The van der Waals surface area contributed by atoms with E-state index in [1.165, 1.54) is 14.2 Å². The van der Waals surface area contributed by atoms with Crippen LogP contribution in [0.2, 0.25) is 0 Å². The molecule has 0 fully saturated rings. The van der Waals surface area contributed by atoms with Gasteiger partial charge in [0.2, 0.25) is 5.89 Å². The van der Waals surface area contributed by atoms with Crippen molar-refractivity contribution in [1.82, 2.24) is 4.98 Å². The number of hydrogen-bond acceptors (Lipinski definition) is 5. The molecule has 0 unspecified atom stereocenters. The third-order valence-electron chi connectivity index (χ3n) is 3.64. The van der Waals surface area contributed by atoms with Gasteiger partial charge in [0.25, 0.3) is 0 Å². The molecule has 0 saturated heterocycles. The average Bonchev–Trinajstić information content (AvgIpc) is 3.06. The number of nitrogens with zero attached hydrogens (tertiary/aromatic N) is 1. The molecule has 0 N–H and O–H groups in total. The van der Waals surface area contributed by atoms with Crippen molar-refractivity contribution in [3.63, 3.8) is 0 Å². The van der Waals surface area contributed by atoms with Crippen molar-refractivity contribution in [2.24, 2.45) is 0 Å². The molecule has 3 aromatic rings. The van der Waals surface area contributed by atoms with Gasteiger partial charge in [-0.15, -0.1) is 0 Å². The highest BCUT2D eigenvalue weighted by molar-refractivity contribution is 7.52. The van der Waals surface area contributed by atoms with E-state index >= 15 is 0 Å². The summed E-state index contributed by atoms with van der Waals surface area (Å²) in [7, 11) is -0.548. The summed E-state index contributed by atoms with van der Waals surface area (Å²) in [6.07, 6.45) is -0.0212. The zero-order valence-electron chi connectivity index (χ0n) is 13.5. The van der Waals surface area contributed by atoms with Crippen LogP contribution in [0.5, 0.6) is 0 Å². The summed E-state index contributed by atoms with van der Waals surface area (Å²) < 4.78 is 28.3. The molecule has 0 bridgehead atoms. The molecule has 0 radical (unpaired) electrons. The molecule has 0 aliphatic rings. The Morgan fingerprint density at radius 1 is 0.917 bits per heavy atom. The summed E-state index contributed by atoms with van der Waals surface area (Å²) in [5.74, 6) is 0.954. The smallest absolute Gasteiger partial charge is 0.339 e. The number of aromatic nitrogens is 1. The lowest BCUT2D eigenvalue weighted by Crippen LogP contribution is -1.93. The van der Waals surface area contributed by atoms with Gasteiger partial charge in [0, 0.05) is 25.3 Å². The van der Waals surface area contributed by atoms with Crippen LogP contribution in [0.15, 0.2) is 65.1 Å². The number of rotatable bonds is 6. The molecule has 0 saturated carbocycles. The van der Waals surface area contributed by atoms with Crippen LogP contribution in [0, 0.1) is 0 Å². The van der Waals surface area contributed by atoms with Crippen LogP contribution >= 0.6 is 7.60 Å². The summed E-state index contributed by atoms with van der Waals surface area (Å²) in [4.78, 5) is 4.54. The van der Waals surface area contributed by atoms with Gasteiger partial charge in [-0.25, -0.2) is 4.98 Å². The Bertz CT molecular complexity index is 781. The highest BCUT2D eigenvalue weighted by Gasteiger charge is 2.27. The van der Waals surface area contributed by atoms with Gasteiger partial charge in [0.05, 0.1) is 0 Å². The zero-order chi connectivity index (χ0) is 17.0. The second-order valence-electron chi connectivity index (χ2n) is 5.15. The lowest BCUT2D eigenvalue weighted by Gasteiger charge is -2.10. The Hall–Kier alpha value is -2.20. The van der Waals surface area contributed by atoms with E-state index in [1.54, 1.807) is 0 Å². The summed E-state index contributed by atoms with van der Waals surface area (Å²) in [6, 6.07) is 19.4. The first kappa shape index (κ1) is 16.7. The monoisotopic (exact) mass is 343 g/mol. The van der Waals surface area contributed by atoms with Gasteiger partial charge in [-0.2, -0.15) is 0 Å². The van der Waals surface area contributed by atoms with Gasteiger partial charge in [0.1, 0.15) is 11.9 Å². The predicted molar refractivity (Wildman–Crippen MR) is 92.7 cm³/mol. The molecule has 3 rings (SSSR count). The molecule has 2 aromatic carbocycles. The van der Waals surface area contributed by atoms with Crippen LogP contribution in [0.3, 0.4) is 0 Å². The van der Waals surface area contributed by atoms with E-state index in [-0.39, 0.29) is 6.16 Å². The maximum Gasteiger partial charge on any atom is 0.339 e.